The van der Waals surface area contributed by atoms with Gasteiger partial charge in [-0.2, -0.15) is 0 Å². The zero-order valence-corrected chi connectivity index (χ0v) is 49.1. The lowest BCUT2D eigenvalue weighted by molar-refractivity contribution is -0.870. The van der Waals surface area contributed by atoms with Crippen molar-refractivity contribution < 1.29 is 32.9 Å². The monoisotopic (exact) mass is 1020 g/mol. The molecule has 71 heavy (non-hydrogen) atoms. The molecule has 0 spiro atoms. The minimum Gasteiger partial charge on any atom is -0.387 e. The van der Waals surface area contributed by atoms with Gasteiger partial charge in [0.1, 0.15) is 13.2 Å². The minimum absolute atomic E-state index is 0.0587. The van der Waals surface area contributed by atoms with Gasteiger partial charge in [-0.25, -0.2) is 4.57 Å². The molecule has 0 aliphatic rings. The maximum atomic E-state index is 13.0. The molecule has 8 nitrogen and oxygen atoms in total. The van der Waals surface area contributed by atoms with Crippen LogP contribution in [0.4, 0.5) is 0 Å². The number of quaternary nitrogens is 1. The molecule has 0 saturated heterocycles. The highest BCUT2D eigenvalue weighted by atomic mass is 31.2. The van der Waals surface area contributed by atoms with Crippen molar-refractivity contribution >= 4 is 13.7 Å². The van der Waals surface area contributed by atoms with Gasteiger partial charge in [0.15, 0.2) is 0 Å². The Morgan fingerprint density at radius 1 is 0.465 bits per heavy atom. The van der Waals surface area contributed by atoms with E-state index < -0.39 is 20.0 Å². The van der Waals surface area contributed by atoms with Crippen LogP contribution in [-0.4, -0.2) is 73.4 Å². The highest BCUT2D eigenvalue weighted by Crippen LogP contribution is 2.43. The molecule has 3 atom stereocenters. The number of hydrogen-bond acceptors (Lipinski definition) is 5. The average Bonchev–Trinajstić information content (AvgIpc) is 3.33. The number of aliphatic hydroxyl groups is 1. The maximum absolute atomic E-state index is 13.0. The summed E-state index contributed by atoms with van der Waals surface area (Å²) in [5.41, 5.74) is 0. The van der Waals surface area contributed by atoms with E-state index >= 15 is 0 Å². The summed E-state index contributed by atoms with van der Waals surface area (Å²) in [6.07, 6.45) is 68.9. The van der Waals surface area contributed by atoms with E-state index in [1.165, 1.54) is 257 Å². The van der Waals surface area contributed by atoms with Gasteiger partial charge in [-0.3, -0.25) is 13.8 Å². The SMILES string of the molecule is CCCCCCCCCCC/C=C/CC/C=C/C(O)C(COP(=O)(O)OCC[N+](C)(C)C)NC(=O)CCCCCCCCCCCCCCCCCCCCCCCCCCCCCCCCCCCC. The number of phosphoric ester groups is 1. The van der Waals surface area contributed by atoms with Crippen molar-refractivity contribution in [1.29, 1.82) is 0 Å². The predicted molar refractivity (Wildman–Crippen MR) is 309 cm³/mol. The molecule has 1 amide bonds. The summed E-state index contributed by atoms with van der Waals surface area (Å²) in [7, 11) is 1.57. The molecule has 0 aliphatic heterocycles. The fourth-order valence-electron chi connectivity index (χ4n) is 9.53. The third-order valence-electron chi connectivity index (χ3n) is 14.4. The Balaban J connectivity index is 3.97. The maximum Gasteiger partial charge on any atom is 0.472 e. The normalized spacial score (nSPS) is 14.0. The number of carbonyl (C=O) groups excluding carboxylic acids is 1. The van der Waals surface area contributed by atoms with E-state index in [-0.39, 0.29) is 19.1 Å². The second-order valence-corrected chi connectivity index (χ2v) is 24.2. The summed E-state index contributed by atoms with van der Waals surface area (Å²) in [6, 6.07) is -0.860. The first-order valence-corrected chi connectivity index (χ1v) is 32.7. The topological polar surface area (TPSA) is 105 Å². The summed E-state index contributed by atoms with van der Waals surface area (Å²) >= 11 is 0. The number of nitrogens with one attached hydrogen (secondary N) is 1. The third-order valence-corrected chi connectivity index (χ3v) is 15.4. The molecule has 422 valence electrons. The van der Waals surface area contributed by atoms with Crippen LogP contribution in [0.3, 0.4) is 0 Å². The van der Waals surface area contributed by atoms with Crippen LogP contribution in [0.25, 0.3) is 0 Å². The van der Waals surface area contributed by atoms with Gasteiger partial charge in [-0.1, -0.05) is 301 Å². The number of rotatable bonds is 58. The van der Waals surface area contributed by atoms with Crippen molar-refractivity contribution in [3.63, 3.8) is 0 Å². The standard InChI is InChI=1S/C62H123N2O6P/c1-6-8-10-12-14-16-18-20-22-23-24-25-26-27-28-29-30-31-32-33-34-35-36-37-38-39-40-42-44-46-48-50-52-54-56-62(66)63-60(59-70-71(67,68)69-58-57-64(3,4)5)61(65)55-53-51-49-47-45-43-41-21-19-17-15-13-11-9-7-2/h45,47,53,55,60-61,65H,6-44,46,48-52,54,56-59H2,1-5H3,(H-,63,66,67,68)/p+1/b47-45+,55-53+. The lowest BCUT2D eigenvalue weighted by Gasteiger charge is -2.25. The van der Waals surface area contributed by atoms with Crippen LogP contribution >= 0.6 is 7.82 Å². The molecule has 0 saturated carbocycles. The quantitative estimate of drug-likeness (QED) is 0.0243. The predicted octanol–water partition coefficient (Wildman–Crippen LogP) is 19.2. The van der Waals surface area contributed by atoms with E-state index in [0.717, 1.165) is 38.5 Å². The molecule has 0 rings (SSSR count). The fourth-order valence-corrected chi connectivity index (χ4v) is 10.3. The Bertz CT molecular complexity index is 1210. The van der Waals surface area contributed by atoms with Crippen molar-refractivity contribution in [1.82, 2.24) is 5.32 Å². The first-order chi connectivity index (χ1) is 34.5. The van der Waals surface area contributed by atoms with Crippen LogP contribution in [-0.2, 0) is 18.4 Å². The number of likely N-dealkylation sites (N-methyl/N-ethyl adjacent to an activating group) is 1. The number of amides is 1. The number of hydrogen-bond donors (Lipinski definition) is 3. The molecule has 0 bridgehead atoms. The Labute approximate surface area is 443 Å². The zero-order valence-electron chi connectivity index (χ0n) is 48.2. The summed E-state index contributed by atoms with van der Waals surface area (Å²) in [4.78, 5) is 23.3. The molecule has 3 unspecified atom stereocenters. The Kier molecular flexibility index (Phi) is 53.0. The smallest absolute Gasteiger partial charge is 0.387 e. The molecule has 0 heterocycles. The number of aliphatic hydroxyl groups excluding tert-OH is 1. The Hall–Kier alpha value is -1.02. The zero-order chi connectivity index (χ0) is 52.0. The molecule has 0 fully saturated rings. The Morgan fingerprint density at radius 2 is 0.775 bits per heavy atom. The van der Waals surface area contributed by atoms with E-state index in [0.29, 0.717) is 17.4 Å². The van der Waals surface area contributed by atoms with E-state index in [4.69, 9.17) is 9.05 Å². The van der Waals surface area contributed by atoms with Gasteiger partial charge in [0.05, 0.1) is 39.9 Å². The fraction of sp³-hybridized carbons (Fsp3) is 0.919. The van der Waals surface area contributed by atoms with Crippen molar-refractivity contribution in [3.05, 3.63) is 24.3 Å². The summed E-state index contributed by atoms with van der Waals surface area (Å²) in [5.74, 6) is -0.180. The first-order valence-electron chi connectivity index (χ1n) is 31.2. The molecule has 9 heteroatoms. The van der Waals surface area contributed by atoms with Gasteiger partial charge in [0.2, 0.25) is 5.91 Å². The Morgan fingerprint density at radius 3 is 1.13 bits per heavy atom. The summed E-state index contributed by atoms with van der Waals surface area (Å²) in [6.45, 7) is 4.83. The van der Waals surface area contributed by atoms with Crippen LogP contribution < -0.4 is 5.32 Å². The lowest BCUT2D eigenvalue weighted by atomic mass is 10.0. The van der Waals surface area contributed by atoms with Gasteiger partial charge in [-0.05, 0) is 32.1 Å². The number of allylic oxidation sites excluding steroid dienone is 3. The van der Waals surface area contributed by atoms with Crippen molar-refractivity contribution in [3.8, 4) is 0 Å². The van der Waals surface area contributed by atoms with Crippen molar-refractivity contribution in [2.24, 2.45) is 0 Å². The van der Waals surface area contributed by atoms with E-state index in [1.807, 2.05) is 27.2 Å². The highest BCUT2D eigenvalue weighted by molar-refractivity contribution is 7.47. The van der Waals surface area contributed by atoms with Crippen LogP contribution in [0.1, 0.15) is 316 Å². The second kappa shape index (κ2) is 53.8. The summed E-state index contributed by atoms with van der Waals surface area (Å²) in [5, 5.41) is 13.9. The molecule has 0 aromatic rings. The van der Waals surface area contributed by atoms with Gasteiger partial charge in [0.25, 0.3) is 0 Å². The van der Waals surface area contributed by atoms with Crippen LogP contribution in [0.2, 0.25) is 0 Å². The molecular weight excluding hydrogens is 900 g/mol. The van der Waals surface area contributed by atoms with E-state index in [2.05, 4.69) is 31.3 Å². The molecule has 0 aromatic carbocycles. The van der Waals surface area contributed by atoms with Gasteiger partial charge < -0.3 is 19.8 Å². The average molecular weight is 1020 g/mol. The largest absolute Gasteiger partial charge is 0.472 e. The first kappa shape index (κ1) is 70.0. The van der Waals surface area contributed by atoms with Crippen LogP contribution in [0, 0.1) is 0 Å². The van der Waals surface area contributed by atoms with Crippen LogP contribution in [0.15, 0.2) is 24.3 Å². The third kappa shape index (κ3) is 56.5. The molecule has 0 aromatic heterocycles. The van der Waals surface area contributed by atoms with Gasteiger partial charge >= 0.3 is 7.82 Å². The number of nitrogens with zero attached hydrogens (tertiary/aromatic N) is 1. The second-order valence-electron chi connectivity index (χ2n) is 22.8. The lowest BCUT2D eigenvalue weighted by Crippen LogP contribution is -2.45. The van der Waals surface area contributed by atoms with Crippen LogP contribution in [0.5, 0.6) is 0 Å². The molecule has 0 aliphatic carbocycles. The number of carbonyl (C=O) groups is 1. The molecule has 0 radical (unpaired) electrons. The highest BCUT2D eigenvalue weighted by Gasteiger charge is 2.27. The van der Waals surface area contributed by atoms with E-state index in [1.54, 1.807) is 6.08 Å². The van der Waals surface area contributed by atoms with E-state index in [9.17, 15) is 19.4 Å². The number of unbranched alkanes of at least 4 members (excludes halogenated alkanes) is 43. The van der Waals surface area contributed by atoms with Gasteiger partial charge in [-0.15, -0.1) is 0 Å². The number of phosphoric acid groups is 1. The van der Waals surface area contributed by atoms with Crippen molar-refractivity contribution in [2.75, 3.05) is 40.9 Å². The van der Waals surface area contributed by atoms with Crippen molar-refractivity contribution in [2.45, 2.75) is 328 Å². The summed E-state index contributed by atoms with van der Waals surface area (Å²) < 4.78 is 23.7. The molecular formula is C62H124N2O6P+. The van der Waals surface area contributed by atoms with Gasteiger partial charge in [0, 0.05) is 6.42 Å². The minimum atomic E-state index is -4.35. The molecule has 3 N–H and O–H groups in total.